The van der Waals surface area contributed by atoms with Gasteiger partial charge in [-0.15, -0.1) is 12.8 Å². The molecule has 0 aliphatic heterocycles. The number of aliphatic hydroxyl groups is 2. The van der Waals surface area contributed by atoms with Gasteiger partial charge in [0.25, 0.3) is 0 Å². The molecule has 0 unspecified atom stereocenters. The van der Waals surface area contributed by atoms with Crippen LogP contribution in [0.3, 0.4) is 0 Å². The quantitative estimate of drug-likeness (QED) is 0.523. The van der Waals surface area contributed by atoms with Crippen molar-refractivity contribution in [2.24, 2.45) is 0 Å². The molecule has 4 heteroatoms. The van der Waals surface area contributed by atoms with Crippen molar-refractivity contribution in [2.75, 3.05) is 14.2 Å². The first kappa shape index (κ1) is 25.6. The standard InChI is InChI=1S/2C5H5.C3H6.C2H6Si.2CH4O.Ti/c2*1-2-4-5-3-1;2*1-3-2;2*1-2;/h2*1-3H,4H2;2*1-2H3;2*2H,1H3;/q2*-1;;;;;. The molecule has 2 rings (SSSR count). The van der Waals surface area contributed by atoms with Crippen LogP contribution in [0, 0.1) is 12.2 Å². The molecular weight excluding hydrogens is 312 g/mol. The van der Waals surface area contributed by atoms with Gasteiger partial charge in [0.15, 0.2) is 0 Å². The van der Waals surface area contributed by atoms with Crippen molar-refractivity contribution in [3.63, 3.8) is 0 Å². The molecule has 120 valence electrons. The maximum atomic E-state index is 7.00. The minimum Gasteiger partial charge on any atom is -0.273 e. The van der Waals surface area contributed by atoms with Crippen molar-refractivity contribution >= 4 is 10.00 Å². The molecule has 0 aromatic carbocycles. The van der Waals surface area contributed by atoms with Gasteiger partial charge in [0.05, 0.1) is 0 Å². The van der Waals surface area contributed by atoms with Gasteiger partial charge < -0.3 is 10.2 Å². The zero-order valence-electron chi connectivity index (χ0n) is 14.3. The summed E-state index contributed by atoms with van der Waals surface area (Å²) in [7, 11) is 2.00. The number of allylic oxidation sites excluding steroid dienone is 8. The van der Waals surface area contributed by atoms with E-state index in [1.165, 1.54) is 0 Å². The molecule has 0 bridgehead atoms. The van der Waals surface area contributed by atoms with Gasteiger partial charge in [0.1, 0.15) is 0 Å². The summed E-state index contributed by atoms with van der Waals surface area (Å²) in [6.07, 6.45) is 20.2. The summed E-state index contributed by atoms with van der Waals surface area (Å²) in [5, 5.41) is 14.0. The second-order valence-corrected chi connectivity index (χ2v) is 13.8. The second-order valence-electron chi connectivity index (χ2n) is 4.13. The van der Waals surface area contributed by atoms with Crippen LogP contribution in [0.5, 0.6) is 0 Å². The van der Waals surface area contributed by atoms with Crippen molar-refractivity contribution in [1.82, 2.24) is 0 Å². The molecule has 0 saturated carbocycles. The third-order valence-corrected chi connectivity index (χ3v) is 7.36. The molecule has 0 aromatic heterocycles. The van der Waals surface area contributed by atoms with E-state index in [9.17, 15) is 0 Å². The predicted octanol–water partition coefficient (Wildman–Crippen LogP) is 3.36. The molecule has 0 amide bonds. The summed E-state index contributed by atoms with van der Waals surface area (Å²) in [6, 6.07) is 0. The van der Waals surface area contributed by atoms with Crippen LogP contribution in [0.15, 0.2) is 36.5 Å². The smallest absolute Gasteiger partial charge is 0.109 e. The SMILES string of the molecule is CO.CO.C[C](C)=[Ti]=[Si](C)C.[C-]1=CC=CC1.[C-]1=CC=CC1. The Labute approximate surface area is 140 Å². The molecule has 0 aromatic rings. The fourth-order valence-electron chi connectivity index (χ4n) is 1.18. The summed E-state index contributed by atoms with van der Waals surface area (Å²) in [6.45, 7) is 9.32. The van der Waals surface area contributed by atoms with E-state index < -0.39 is 0 Å². The van der Waals surface area contributed by atoms with E-state index in [2.05, 4.69) is 51.2 Å². The Bertz CT molecular complexity index is 326. The van der Waals surface area contributed by atoms with Crippen molar-refractivity contribution in [1.29, 1.82) is 0 Å². The van der Waals surface area contributed by atoms with Crippen LogP contribution in [0.2, 0.25) is 13.1 Å². The molecule has 0 fully saturated rings. The third kappa shape index (κ3) is 32.9. The zero-order valence-corrected chi connectivity index (χ0v) is 16.8. The fraction of sp³-hybridized carbons (Fsp3) is 0.471. The van der Waals surface area contributed by atoms with Crippen molar-refractivity contribution < 1.29 is 27.6 Å². The first-order chi connectivity index (χ1) is 10.1. The Morgan fingerprint density at radius 2 is 1.29 bits per heavy atom. The predicted molar refractivity (Wildman–Crippen MR) is 93.3 cm³/mol. The minimum atomic E-state index is 0.154. The minimum absolute atomic E-state index is 0.154. The van der Waals surface area contributed by atoms with Gasteiger partial charge in [-0.05, 0) is 0 Å². The number of rotatable bonds is 0. The van der Waals surface area contributed by atoms with Crippen molar-refractivity contribution in [3.8, 4) is 0 Å². The fourth-order valence-corrected chi connectivity index (χ4v) is 6.87. The van der Waals surface area contributed by atoms with Crippen LogP contribution in [0.1, 0.15) is 26.7 Å². The monoisotopic (exact) mass is 342 g/mol. The van der Waals surface area contributed by atoms with Crippen LogP contribution in [-0.4, -0.2) is 34.4 Å². The average Bonchev–Trinajstić information content (AvgIpc) is 3.20. The molecular formula is C17H30O2SiTi-2. The van der Waals surface area contributed by atoms with E-state index in [1.807, 2.05) is 24.3 Å². The summed E-state index contributed by atoms with van der Waals surface area (Å²) in [5.41, 5.74) is 0. The summed E-state index contributed by atoms with van der Waals surface area (Å²) in [5.74, 6) is 0. The van der Waals surface area contributed by atoms with Gasteiger partial charge in [-0.25, -0.2) is 24.3 Å². The molecule has 0 spiro atoms. The van der Waals surface area contributed by atoms with Crippen LogP contribution >= 0.6 is 0 Å². The Morgan fingerprint density at radius 1 is 0.905 bits per heavy atom. The number of aliphatic hydroxyl groups excluding tert-OH is 2. The number of hydrogen-bond donors (Lipinski definition) is 2. The Hall–Kier alpha value is -0.319. The van der Waals surface area contributed by atoms with Crippen LogP contribution in [-0.2, 0) is 17.4 Å². The zero-order chi connectivity index (χ0) is 16.9. The van der Waals surface area contributed by atoms with Crippen molar-refractivity contribution in [2.45, 2.75) is 39.8 Å². The van der Waals surface area contributed by atoms with Gasteiger partial charge in [0.2, 0.25) is 0 Å². The summed E-state index contributed by atoms with van der Waals surface area (Å²) < 4.78 is 1.71. The van der Waals surface area contributed by atoms with Crippen LogP contribution in [0.25, 0.3) is 0 Å². The summed E-state index contributed by atoms with van der Waals surface area (Å²) in [4.78, 5) is 0. The van der Waals surface area contributed by atoms with E-state index in [4.69, 9.17) is 10.2 Å². The molecule has 2 nitrogen and oxygen atoms in total. The van der Waals surface area contributed by atoms with Gasteiger partial charge in [-0.2, -0.15) is 12.2 Å². The molecule has 2 N–H and O–H groups in total. The molecule has 21 heavy (non-hydrogen) atoms. The Morgan fingerprint density at radius 3 is 1.33 bits per heavy atom. The molecule has 0 saturated heterocycles. The maximum Gasteiger partial charge on any atom is -0.109 e. The van der Waals surface area contributed by atoms with E-state index in [0.717, 1.165) is 27.1 Å². The first-order valence-corrected chi connectivity index (χ1v) is 12.5. The van der Waals surface area contributed by atoms with Crippen molar-refractivity contribution in [3.05, 3.63) is 48.6 Å². The molecule has 2 aliphatic rings. The topological polar surface area (TPSA) is 40.5 Å². The van der Waals surface area contributed by atoms with Gasteiger partial charge >= 0.3 is 54.4 Å². The van der Waals surface area contributed by atoms with Crippen LogP contribution < -0.4 is 0 Å². The Kier molecular flexibility index (Phi) is 30.1. The van der Waals surface area contributed by atoms with E-state index >= 15 is 0 Å². The Balaban J connectivity index is -0.000000209. The van der Waals surface area contributed by atoms with E-state index in [1.54, 1.807) is 3.81 Å². The maximum absolute atomic E-state index is 7.00. The largest absolute Gasteiger partial charge is 0.273 e. The van der Waals surface area contributed by atoms with E-state index in [-0.39, 0.29) is 6.19 Å². The van der Waals surface area contributed by atoms with Crippen LogP contribution in [0.4, 0.5) is 0 Å². The molecule has 0 radical (unpaired) electrons. The molecule has 2 aliphatic carbocycles. The average molecular weight is 342 g/mol. The number of hydrogen-bond acceptors (Lipinski definition) is 2. The van der Waals surface area contributed by atoms with E-state index in [0.29, 0.717) is 17.4 Å². The summed E-state index contributed by atoms with van der Waals surface area (Å²) >= 11 is 0.407. The van der Waals surface area contributed by atoms with Gasteiger partial charge in [-0.3, -0.25) is 12.2 Å². The van der Waals surface area contributed by atoms with Gasteiger partial charge in [-0.1, -0.05) is 0 Å². The molecule has 0 atom stereocenters. The normalized spacial score (nSPS) is 11.4. The molecule has 0 heterocycles. The second kappa shape index (κ2) is 24.7. The van der Waals surface area contributed by atoms with Gasteiger partial charge in [0, 0.05) is 14.2 Å². The first-order valence-electron chi connectivity index (χ1n) is 6.83. The third-order valence-electron chi connectivity index (χ3n) is 1.67.